The van der Waals surface area contributed by atoms with Crippen LogP contribution in [-0.4, -0.2) is 18.2 Å². The second-order valence-electron chi connectivity index (χ2n) is 6.38. The van der Waals surface area contributed by atoms with E-state index in [4.69, 9.17) is 21.8 Å². The van der Waals surface area contributed by atoms with E-state index >= 15 is 0 Å². The van der Waals surface area contributed by atoms with Crippen LogP contribution in [0, 0.1) is 0 Å². The fraction of sp³-hybridized carbons (Fsp3) is 0. The van der Waals surface area contributed by atoms with Gasteiger partial charge in [-0.1, -0.05) is 51.8 Å². The summed E-state index contributed by atoms with van der Waals surface area (Å²) in [6, 6.07) is 23.6. The predicted octanol–water partition coefficient (Wildman–Crippen LogP) is 5.27. The number of nitrogens with two attached hydrogens (primary N) is 1. The molecule has 0 aliphatic carbocycles. The number of benzene rings is 3. The van der Waals surface area contributed by atoms with Gasteiger partial charge in [-0.2, -0.15) is 5.10 Å². The Hall–Kier alpha value is -2.45. The van der Waals surface area contributed by atoms with Gasteiger partial charge in [0, 0.05) is 20.6 Å². The molecule has 1 aromatic heterocycles. The van der Waals surface area contributed by atoms with Crippen molar-refractivity contribution in [1.82, 2.24) is 9.78 Å². The van der Waals surface area contributed by atoms with Crippen molar-refractivity contribution in [2.75, 3.05) is 0 Å². The lowest BCUT2D eigenvalue weighted by Crippen LogP contribution is -2.12. The van der Waals surface area contributed by atoms with Crippen molar-refractivity contribution >= 4 is 37.6 Å². The average Bonchev–Trinajstić information content (AvgIpc) is 3.13. The maximum Gasteiger partial charge on any atom is 0.238 e. The van der Waals surface area contributed by atoms with Crippen LogP contribution in [-0.2, 0) is 10.0 Å². The number of primary sulfonamides is 1. The molecule has 29 heavy (non-hydrogen) atoms. The van der Waals surface area contributed by atoms with Crippen molar-refractivity contribution in [2.45, 2.75) is 4.90 Å². The van der Waals surface area contributed by atoms with E-state index in [0.29, 0.717) is 10.7 Å². The fourth-order valence-electron chi connectivity index (χ4n) is 2.97. The standard InChI is InChI=1S/C21H15BrClN3O2S/c22-16-3-1-2-15(12-16)21-13-20(14-4-6-17(23)7-5-14)25-26(21)18-8-10-19(11-9-18)29(24,27)28/h1-13H,(H2,24,27,28). The van der Waals surface area contributed by atoms with Crippen LogP contribution in [0.2, 0.25) is 5.02 Å². The van der Waals surface area contributed by atoms with Crippen LogP contribution >= 0.6 is 27.5 Å². The van der Waals surface area contributed by atoms with Gasteiger partial charge in [0.1, 0.15) is 0 Å². The second-order valence-corrected chi connectivity index (χ2v) is 9.30. The molecule has 0 aliphatic rings. The van der Waals surface area contributed by atoms with Crippen LogP contribution in [0.4, 0.5) is 0 Å². The summed E-state index contributed by atoms with van der Waals surface area (Å²) in [5.41, 5.74) is 4.23. The summed E-state index contributed by atoms with van der Waals surface area (Å²) in [7, 11) is -3.76. The molecular weight excluding hydrogens is 474 g/mol. The van der Waals surface area contributed by atoms with Gasteiger partial charge in [-0.3, -0.25) is 0 Å². The van der Waals surface area contributed by atoms with Gasteiger partial charge in [0.05, 0.1) is 22.0 Å². The van der Waals surface area contributed by atoms with Crippen molar-refractivity contribution in [1.29, 1.82) is 0 Å². The van der Waals surface area contributed by atoms with Crippen molar-refractivity contribution in [3.8, 4) is 28.2 Å². The topological polar surface area (TPSA) is 78.0 Å². The molecule has 4 aromatic rings. The van der Waals surface area contributed by atoms with Crippen molar-refractivity contribution in [3.63, 3.8) is 0 Å². The third kappa shape index (κ3) is 4.28. The van der Waals surface area contributed by atoms with E-state index in [1.807, 2.05) is 54.6 Å². The Labute approximate surface area is 181 Å². The maximum absolute atomic E-state index is 11.6. The summed E-state index contributed by atoms with van der Waals surface area (Å²) >= 11 is 9.51. The highest BCUT2D eigenvalue weighted by Crippen LogP contribution is 2.31. The molecule has 0 bridgehead atoms. The molecule has 1 heterocycles. The summed E-state index contributed by atoms with van der Waals surface area (Å²) in [5.74, 6) is 0. The lowest BCUT2D eigenvalue weighted by molar-refractivity contribution is 0.598. The molecule has 0 aliphatic heterocycles. The molecule has 8 heteroatoms. The molecule has 0 fully saturated rings. The highest BCUT2D eigenvalue weighted by Gasteiger charge is 2.15. The van der Waals surface area contributed by atoms with E-state index in [9.17, 15) is 8.42 Å². The summed E-state index contributed by atoms with van der Waals surface area (Å²) in [6.45, 7) is 0. The highest BCUT2D eigenvalue weighted by molar-refractivity contribution is 9.10. The van der Waals surface area contributed by atoms with Crippen molar-refractivity contribution in [3.05, 3.63) is 88.4 Å². The number of nitrogens with zero attached hydrogens (tertiary/aromatic N) is 2. The number of aromatic nitrogens is 2. The number of halogens is 2. The molecule has 0 atom stereocenters. The molecule has 2 N–H and O–H groups in total. The molecule has 146 valence electrons. The molecule has 0 amide bonds. The SMILES string of the molecule is NS(=O)(=O)c1ccc(-n2nc(-c3ccc(Cl)cc3)cc2-c2cccc(Br)c2)cc1. The molecule has 0 saturated carbocycles. The predicted molar refractivity (Wildman–Crippen MR) is 119 cm³/mol. The zero-order valence-corrected chi connectivity index (χ0v) is 18.1. The van der Waals surface area contributed by atoms with E-state index in [0.717, 1.165) is 27.0 Å². The van der Waals surface area contributed by atoms with Gasteiger partial charge in [0.25, 0.3) is 0 Å². The van der Waals surface area contributed by atoms with E-state index in [1.165, 1.54) is 12.1 Å². The molecule has 0 unspecified atom stereocenters. The first-order valence-corrected chi connectivity index (χ1v) is 11.3. The van der Waals surface area contributed by atoms with Crippen LogP contribution in [0.5, 0.6) is 0 Å². The smallest absolute Gasteiger partial charge is 0.232 e. The molecule has 0 spiro atoms. The Morgan fingerprint density at radius 1 is 0.897 bits per heavy atom. The lowest BCUT2D eigenvalue weighted by atomic mass is 10.1. The Bertz CT molecular complexity index is 1280. The third-order valence-electron chi connectivity index (χ3n) is 4.38. The Morgan fingerprint density at radius 3 is 2.21 bits per heavy atom. The highest BCUT2D eigenvalue weighted by atomic mass is 79.9. The monoisotopic (exact) mass is 487 g/mol. The van der Waals surface area contributed by atoms with Gasteiger partial charge in [-0.05, 0) is 54.6 Å². The number of sulfonamides is 1. The largest absolute Gasteiger partial charge is 0.238 e. The Morgan fingerprint density at radius 2 is 1.59 bits per heavy atom. The van der Waals surface area contributed by atoms with Crippen LogP contribution < -0.4 is 5.14 Å². The minimum atomic E-state index is -3.76. The van der Waals surface area contributed by atoms with Crippen molar-refractivity contribution in [2.24, 2.45) is 5.14 Å². The van der Waals surface area contributed by atoms with Crippen LogP contribution in [0.25, 0.3) is 28.2 Å². The molecule has 0 saturated heterocycles. The Kier molecular flexibility index (Phi) is 5.31. The van der Waals surface area contributed by atoms with Crippen LogP contribution in [0.1, 0.15) is 0 Å². The van der Waals surface area contributed by atoms with Gasteiger partial charge >= 0.3 is 0 Å². The minimum absolute atomic E-state index is 0.0512. The summed E-state index contributed by atoms with van der Waals surface area (Å²) < 4.78 is 25.8. The zero-order valence-electron chi connectivity index (χ0n) is 15.0. The maximum atomic E-state index is 11.6. The quantitative estimate of drug-likeness (QED) is 0.425. The Balaban J connectivity index is 1.88. The molecule has 4 rings (SSSR count). The number of hydrogen-bond acceptors (Lipinski definition) is 3. The minimum Gasteiger partial charge on any atom is -0.232 e. The van der Waals surface area contributed by atoms with Gasteiger partial charge in [0.2, 0.25) is 10.0 Å². The second kappa shape index (κ2) is 7.76. The molecular formula is C21H15BrClN3O2S. The first kappa shape index (κ1) is 19.8. The van der Waals surface area contributed by atoms with E-state index in [1.54, 1.807) is 16.8 Å². The van der Waals surface area contributed by atoms with E-state index < -0.39 is 10.0 Å². The van der Waals surface area contributed by atoms with Crippen LogP contribution in [0.15, 0.2) is 88.2 Å². The molecule has 3 aromatic carbocycles. The lowest BCUT2D eigenvalue weighted by Gasteiger charge is -2.09. The van der Waals surface area contributed by atoms with Crippen LogP contribution in [0.3, 0.4) is 0 Å². The zero-order chi connectivity index (χ0) is 20.6. The summed E-state index contributed by atoms with van der Waals surface area (Å²) in [4.78, 5) is 0.0512. The van der Waals surface area contributed by atoms with E-state index in [2.05, 4.69) is 15.9 Å². The number of hydrogen-bond donors (Lipinski definition) is 1. The van der Waals surface area contributed by atoms with Gasteiger partial charge < -0.3 is 0 Å². The first-order chi connectivity index (χ1) is 13.8. The molecule has 0 radical (unpaired) electrons. The summed E-state index contributed by atoms with van der Waals surface area (Å²) in [6.07, 6.45) is 0. The fourth-order valence-corrected chi connectivity index (χ4v) is 4.01. The molecule has 5 nitrogen and oxygen atoms in total. The average molecular weight is 489 g/mol. The van der Waals surface area contributed by atoms with Gasteiger partial charge in [0.15, 0.2) is 0 Å². The van der Waals surface area contributed by atoms with Gasteiger partial charge in [-0.15, -0.1) is 0 Å². The van der Waals surface area contributed by atoms with Crippen molar-refractivity contribution < 1.29 is 8.42 Å². The first-order valence-electron chi connectivity index (χ1n) is 8.56. The third-order valence-corrected chi connectivity index (χ3v) is 6.05. The number of rotatable bonds is 4. The summed E-state index contributed by atoms with van der Waals surface area (Å²) in [5, 5.41) is 10.6. The van der Waals surface area contributed by atoms with Gasteiger partial charge in [-0.25, -0.2) is 18.2 Å². The normalized spacial score (nSPS) is 11.6. The van der Waals surface area contributed by atoms with E-state index in [-0.39, 0.29) is 4.90 Å².